The van der Waals surface area contributed by atoms with Gasteiger partial charge in [-0.05, 0) is 43.5 Å². The summed E-state index contributed by atoms with van der Waals surface area (Å²) in [6.07, 6.45) is 0. The van der Waals surface area contributed by atoms with Crippen LogP contribution in [0.25, 0.3) is 0 Å². The highest BCUT2D eigenvalue weighted by atomic mass is 32.2. The molecular formula is C31H28N2O2S. The van der Waals surface area contributed by atoms with E-state index < -0.39 is 21.3 Å². The van der Waals surface area contributed by atoms with Gasteiger partial charge in [0.2, 0.25) is 0 Å². The van der Waals surface area contributed by atoms with Crippen molar-refractivity contribution >= 4 is 28.3 Å². The normalized spacial score (nSPS) is 15.7. The topological polar surface area (TPSA) is 49.7 Å². The van der Waals surface area contributed by atoms with Gasteiger partial charge in [0.15, 0.2) is 0 Å². The van der Waals surface area contributed by atoms with Gasteiger partial charge < -0.3 is 0 Å². The molecule has 0 aromatic heterocycles. The quantitative estimate of drug-likeness (QED) is 0.308. The Balaban J connectivity index is 1.88. The van der Waals surface area contributed by atoms with Crippen LogP contribution in [0.1, 0.15) is 43.0 Å². The molecule has 0 saturated carbocycles. The van der Waals surface area contributed by atoms with Crippen LogP contribution in [0.3, 0.4) is 0 Å². The molecule has 0 spiro atoms. The SMILES string of the molecule is CC(C)(C)S(=O)/N=C1\C(=O)N(C(c2ccccc2)(c2ccccc2)c2ccccc2)c2ccccc21. The molecule has 4 aromatic carbocycles. The Morgan fingerprint density at radius 3 is 1.50 bits per heavy atom. The number of anilines is 1. The lowest BCUT2D eigenvalue weighted by molar-refractivity contribution is -0.113. The van der Waals surface area contributed by atoms with Crippen LogP contribution in [-0.2, 0) is 21.3 Å². The number of para-hydroxylation sites is 1. The van der Waals surface area contributed by atoms with Crippen molar-refractivity contribution in [2.24, 2.45) is 4.40 Å². The Hall–Kier alpha value is -3.83. The van der Waals surface area contributed by atoms with E-state index in [2.05, 4.69) is 40.8 Å². The Morgan fingerprint density at radius 2 is 1.06 bits per heavy atom. The van der Waals surface area contributed by atoms with Gasteiger partial charge in [0.05, 0.1) is 10.4 Å². The van der Waals surface area contributed by atoms with E-state index in [1.54, 1.807) is 0 Å². The molecule has 0 aliphatic carbocycles. The van der Waals surface area contributed by atoms with Gasteiger partial charge in [-0.25, -0.2) is 4.21 Å². The van der Waals surface area contributed by atoms with E-state index in [0.717, 1.165) is 22.4 Å². The smallest absolute Gasteiger partial charge is 0.279 e. The summed E-state index contributed by atoms with van der Waals surface area (Å²) in [7, 11) is -1.59. The van der Waals surface area contributed by atoms with Crippen LogP contribution in [0.15, 0.2) is 120 Å². The Bertz CT molecular complexity index is 1350. The molecule has 180 valence electrons. The van der Waals surface area contributed by atoms with Crippen LogP contribution in [0.4, 0.5) is 5.69 Å². The minimum absolute atomic E-state index is 0.228. The van der Waals surface area contributed by atoms with E-state index in [1.807, 2.05) is 105 Å². The zero-order valence-corrected chi connectivity index (χ0v) is 21.4. The first-order chi connectivity index (χ1) is 17.3. The highest BCUT2D eigenvalue weighted by Crippen LogP contribution is 2.48. The van der Waals surface area contributed by atoms with Crippen molar-refractivity contribution in [2.45, 2.75) is 31.1 Å². The summed E-state index contributed by atoms with van der Waals surface area (Å²) in [4.78, 5) is 16.3. The molecule has 0 fully saturated rings. The van der Waals surface area contributed by atoms with Gasteiger partial charge in [0, 0.05) is 5.56 Å². The summed E-state index contributed by atoms with van der Waals surface area (Å²) in [5.74, 6) is -0.273. The third kappa shape index (κ3) is 3.90. The lowest BCUT2D eigenvalue weighted by Crippen LogP contribution is -2.51. The standard InChI is InChI=1S/C31H28N2O2S/c1-30(2,3)36(35)32-28-26-21-13-14-22-27(26)33(29(28)34)31(23-15-7-4-8-16-23,24-17-9-5-10-18-24)25-19-11-6-12-20-25/h4-22H,1-3H3/b32-28-. The molecule has 5 heteroatoms. The van der Waals surface area contributed by atoms with Gasteiger partial charge in [-0.1, -0.05) is 109 Å². The van der Waals surface area contributed by atoms with E-state index in [0.29, 0.717) is 5.56 Å². The van der Waals surface area contributed by atoms with Gasteiger partial charge in [0.1, 0.15) is 22.2 Å². The molecule has 0 N–H and O–H groups in total. The summed E-state index contributed by atoms with van der Waals surface area (Å²) in [6.45, 7) is 5.58. The molecule has 5 rings (SSSR count). The van der Waals surface area contributed by atoms with Gasteiger partial charge in [-0.2, -0.15) is 4.40 Å². The number of carbonyl (C=O) groups excluding carboxylic acids is 1. The minimum atomic E-state index is -1.59. The van der Waals surface area contributed by atoms with Crippen LogP contribution < -0.4 is 4.90 Å². The predicted molar refractivity (Wildman–Crippen MR) is 148 cm³/mol. The number of nitrogens with zero attached hydrogens (tertiary/aromatic N) is 2. The lowest BCUT2D eigenvalue weighted by atomic mass is 9.75. The maximum Gasteiger partial charge on any atom is 0.279 e. The van der Waals surface area contributed by atoms with E-state index in [9.17, 15) is 9.00 Å². The number of fused-ring (bicyclic) bond motifs is 1. The average Bonchev–Trinajstić information content (AvgIpc) is 3.18. The van der Waals surface area contributed by atoms with E-state index in [-0.39, 0.29) is 11.6 Å². The van der Waals surface area contributed by atoms with Crippen LogP contribution in [0.2, 0.25) is 0 Å². The van der Waals surface area contributed by atoms with Crippen molar-refractivity contribution in [3.63, 3.8) is 0 Å². The highest BCUT2D eigenvalue weighted by Gasteiger charge is 2.51. The Labute approximate surface area is 214 Å². The third-order valence-electron chi connectivity index (χ3n) is 6.41. The van der Waals surface area contributed by atoms with Gasteiger partial charge in [-0.3, -0.25) is 9.69 Å². The molecule has 0 radical (unpaired) electrons. The molecule has 1 heterocycles. The van der Waals surface area contributed by atoms with Crippen molar-refractivity contribution in [1.82, 2.24) is 0 Å². The Morgan fingerprint density at radius 1 is 0.639 bits per heavy atom. The fraction of sp³-hybridized carbons (Fsp3) is 0.161. The second-order valence-electron chi connectivity index (χ2n) is 9.77. The molecule has 4 aromatic rings. The second-order valence-corrected chi connectivity index (χ2v) is 11.7. The van der Waals surface area contributed by atoms with Gasteiger partial charge in [0.25, 0.3) is 5.91 Å². The fourth-order valence-electron chi connectivity index (χ4n) is 4.77. The first kappa shape index (κ1) is 23.9. The third-order valence-corrected chi connectivity index (χ3v) is 7.81. The minimum Gasteiger partial charge on any atom is -0.288 e. The van der Waals surface area contributed by atoms with Crippen molar-refractivity contribution in [2.75, 3.05) is 4.90 Å². The predicted octanol–water partition coefficient (Wildman–Crippen LogP) is 6.28. The fourth-order valence-corrected chi connectivity index (χ4v) is 5.38. The van der Waals surface area contributed by atoms with Crippen molar-refractivity contribution in [1.29, 1.82) is 0 Å². The first-order valence-corrected chi connectivity index (χ1v) is 13.1. The van der Waals surface area contributed by atoms with Crippen molar-refractivity contribution in [3.8, 4) is 0 Å². The number of hydrogen-bond acceptors (Lipinski definition) is 2. The summed E-state index contributed by atoms with van der Waals surface area (Å²) >= 11 is 0. The first-order valence-electron chi connectivity index (χ1n) is 12.0. The van der Waals surface area contributed by atoms with Crippen LogP contribution >= 0.6 is 0 Å². The van der Waals surface area contributed by atoms with Crippen molar-refractivity contribution < 1.29 is 9.00 Å². The summed E-state index contributed by atoms with van der Waals surface area (Å²) in [5.41, 5.74) is 3.52. The molecule has 4 nitrogen and oxygen atoms in total. The van der Waals surface area contributed by atoms with Gasteiger partial charge >= 0.3 is 0 Å². The molecule has 36 heavy (non-hydrogen) atoms. The molecule has 1 aliphatic rings. The second kappa shape index (κ2) is 9.32. The van der Waals surface area contributed by atoms with Crippen molar-refractivity contribution in [3.05, 3.63) is 138 Å². The highest BCUT2D eigenvalue weighted by molar-refractivity contribution is 7.85. The van der Waals surface area contributed by atoms with Gasteiger partial charge in [-0.15, -0.1) is 0 Å². The zero-order chi connectivity index (χ0) is 25.3. The number of hydrogen-bond donors (Lipinski definition) is 0. The average molecular weight is 493 g/mol. The summed E-state index contributed by atoms with van der Waals surface area (Å²) in [5, 5.41) is 0. The number of benzene rings is 4. The largest absolute Gasteiger partial charge is 0.288 e. The molecule has 1 unspecified atom stereocenters. The van der Waals surface area contributed by atoms with E-state index >= 15 is 0 Å². The Kier molecular flexibility index (Phi) is 6.19. The number of carbonyl (C=O) groups is 1. The zero-order valence-electron chi connectivity index (χ0n) is 20.6. The summed E-state index contributed by atoms with van der Waals surface area (Å²) < 4.78 is 17.0. The van der Waals surface area contributed by atoms with E-state index in [4.69, 9.17) is 0 Å². The summed E-state index contributed by atoms with van der Waals surface area (Å²) in [6, 6.07) is 37.8. The number of rotatable bonds is 5. The van der Waals surface area contributed by atoms with E-state index in [1.165, 1.54) is 0 Å². The molecule has 1 aliphatic heterocycles. The molecule has 0 bridgehead atoms. The molecule has 1 atom stereocenters. The molecular weight excluding hydrogens is 464 g/mol. The van der Waals surface area contributed by atoms with Crippen LogP contribution in [0, 0.1) is 0 Å². The molecule has 1 amide bonds. The monoisotopic (exact) mass is 492 g/mol. The lowest BCUT2D eigenvalue weighted by Gasteiger charge is -2.43. The van der Waals surface area contributed by atoms with Crippen LogP contribution in [-0.4, -0.2) is 20.6 Å². The number of amides is 1. The maximum absolute atomic E-state index is 14.5. The molecule has 0 saturated heterocycles. The van der Waals surface area contributed by atoms with Crippen LogP contribution in [0.5, 0.6) is 0 Å². The maximum atomic E-state index is 14.5.